The van der Waals surface area contributed by atoms with Crippen LogP contribution in [-0.4, -0.2) is 9.55 Å². The Balaban J connectivity index is 2.19. The molecule has 1 aromatic carbocycles. The fourth-order valence-corrected chi connectivity index (χ4v) is 3.22. The van der Waals surface area contributed by atoms with Crippen molar-refractivity contribution in [3.63, 3.8) is 0 Å². The average Bonchev–Trinajstić information content (AvgIpc) is 2.40. The van der Waals surface area contributed by atoms with E-state index < -0.39 is 0 Å². The van der Waals surface area contributed by atoms with Gasteiger partial charge in [-0.2, -0.15) is 0 Å². The number of hydrogen-bond acceptors (Lipinski definition) is 3. The van der Waals surface area contributed by atoms with E-state index in [0.29, 0.717) is 10.8 Å². The molecule has 0 bridgehead atoms. The highest BCUT2D eigenvalue weighted by atomic mass is 32.1. The van der Waals surface area contributed by atoms with Crippen LogP contribution >= 0.6 is 12.2 Å². The van der Waals surface area contributed by atoms with E-state index in [4.69, 9.17) is 18.0 Å². The van der Waals surface area contributed by atoms with Gasteiger partial charge in [0.2, 0.25) is 4.77 Å². The molecule has 0 spiro atoms. The highest BCUT2D eigenvalue weighted by Gasteiger charge is 2.18. The Bertz CT molecular complexity index is 626. The molecule has 1 aliphatic rings. The summed E-state index contributed by atoms with van der Waals surface area (Å²) in [6, 6.07) is 8.38. The van der Waals surface area contributed by atoms with Gasteiger partial charge in [-0.15, -0.1) is 0 Å². The normalized spacial score (nSPS) is 17.1. The molecule has 0 atom stereocenters. The molecule has 94 valence electrons. The van der Waals surface area contributed by atoms with Crippen LogP contribution in [0.25, 0.3) is 10.9 Å². The van der Waals surface area contributed by atoms with Gasteiger partial charge in [-0.1, -0.05) is 31.4 Å². The Morgan fingerprint density at radius 2 is 1.89 bits per heavy atom. The second-order valence-electron chi connectivity index (χ2n) is 4.96. The molecule has 0 radical (unpaired) electrons. The van der Waals surface area contributed by atoms with Crippen LogP contribution in [0.2, 0.25) is 0 Å². The van der Waals surface area contributed by atoms with Crippen LogP contribution in [0.15, 0.2) is 24.3 Å². The van der Waals surface area contributed by atoms with Crippen LogP contribution in [0, 0.1) is 4.77 Å². The molecule has 1 fully saturated rings. The second-order valence-corrected chi connectivity index (χ2v) is 5.32. The summed E-state index contributed by atoms with van der Waals surface area (Å²) in [5.41, 5.74) is 7.20. The van der Waals surface area contributed by atoms with E-state index in [1.807, 2.05) is 24.3 Å². The third kappa shape index (κ3) is 1.90. The number of fused-ring (bicyclic) bond motifs is 1. The van der Waals surface area contributed by atoms with Gasteiger partial charge in [0.25, 0.3) is 0 Å². The second kappa shape index (κ2) is 4.69. The quantitative estimate of drug-likeness (QED) is 0.791. The Morgan fingerprint density at radius 1 is 1.17 bits per heavy atom. The van der Waals surface area contributed by atoms with Gasteiger partial charge in [-0.3, -0.25) is 4.57 Å². The molecule has 2 aromatic rings. The van der Waals surface area contributed by atoms with E-state index in [-0.39, 0.29) is 0 Å². The number of aromatic nitrogens is 2. The maximum atomic E-state index is 6.31. The summed E-state index contributed by atoms with van der Waals surface area (Å²) in [6.45, 7) is 0. The van der Waals surface area contributed by atoms with Gasteiger partial charge >= 0.3 is 0 Å². The van der Waals surface area contributed by atoms with Gasteiger partial charge in [-0.25, -0.2) is 4.98 Å². The lowest BCUT2D eigenvalue weighted by molar-refractivity contribution is 0.351. The van der Waals surface area contributed by atoms with Crippen molar-refractivity contribution >= 4 is 28.9 Å². The summed E-state index contributed by atoms with van der Waals surface area (Å²) in [5.74, 6) is 0.775. The summed E-state index contributed by atoms with van der Waals surface area (Å²) in [7, 11) is 0. The van der Waals surface area contributed by atoms with Crippen LogP contribution in [-0.2, 0) is 0 Å². The van der Waals surface area contributed by atoms with Crippen molar-refractivity contribution in [2.24, 2.45) is 0 Å². The summed E-state index contributed by atoms with van der Waals surface area (Å²) >= 11 is 5.42. The molecule has 1 saturated carbocycles. The Labute approximate surface area is 112 Å². The summed E-state index contributed by atoms with van der Waals surface area (Å²) < 4.78 is 2.69. The highest BCUT2D eigenvalue weighted by Crippen LogP contribution is 2.32. The molecule has 1 aliphatic carbocycles. The fourth-order valence-electron chi connectivity index (χ4n) is 2.87. The number of benzene rings is 1. The molecule has 0 unspecified atom stereocenters. The topological polar surface area (TPSA) is 43.8 Å². The maximum absolute atomic E-state index is 6.31. The fraction of sp³-hybridized carbons (Fsp3) is 0.429. The number of anilines is 1. The lowest BCUT2D eigenvalue weighted by atomic mass is 9.95. The van der Waals surface area contributed by atoms with Crippen LogP contribution in [0.1, 0.15) is 38.1 Å². The van der Waals surface area contributed by atoms with Crippen LogP contribution in [0.4, 0.5) is 5.82 Å². The lowest BCUT2D eigenvalue weighted by Gasteiger charge is -2.26. The molecule has 0 amide bonds. The van der Waals surface area contributed by atoms with Crippen molar-refractivity contribution in [1.82, 2.24) is 9.55 Å². The Morgan fingerprint density at radius 3 is 2.67 bits per heavy atom. The van der Waals surface area contributed by atoms with Crippen molar-refractivity contribution in [3.8, 4) is 0 Å². The highest BCUT2D eigenvalue weighted by molar-refractivity contribution is 7.71. The molecular weight excluding hydrogens is 242 g/mol. The van der Waals surface area contributed by atoms with Gasteiger partial charge in [-0.05, 0) is 37.2 Å². The minimum absolute atomic E-state index is 0.434. The first-order chi connectivity index (χ1) is 8.77. The van der Waals surface area contributed by atoms with Gasteiger partial charge in [0.1, 0.15) is 5.82 Å². The zero-order valence-electron chi connectivity index (χ0n) is 10.3. The summed E-state index contributed by atoms with van der Waals surface area (Å²) in [4.78, 5) is 4.51. The largest absolute Gasteiger partial charge is 0.384 e. The average molecular weight is 259 g/mol. The first-order valence-electron chi connectivity index (χ1n) is 6.54. The molecule has 4 heteroatoms. The standard InChI is InChI=1S/C14H17N3S/c15-13-11-8-4-5-9-12(11)16-14(18)17(13)10-6-2-1-3-7-10/h4-5,8-10H,1-3,6-7,15H2. The van der Waals surface area contributed by atoms with Crippen LogP contribution < -0.4 is 5.73 Å². The Hall–Kier alpha value is -1.42. The molecule has 3 nitrogen and oxygen atoms in total. The first-order valence-corrected chi connectivity index (χ1v) is 6.95. The molecule has 1 heterocycles. The Kier molecular flexibility index (Phi) is 3.04. The monoisotopic (exact) mass is 259 g/mol. The van der Waals surface area contributed by atoms with Crippen molar-refractivity contribution in [3.05, 3.63) is 29.0 Å². The van der Waals surface area contributed by atoms with Crippen molar-refractivity contribution in [2.45, 2.75) is 38.1 Å². The van der Waals surface area contributed by atoms with Gasteiger partial charge in [0.15, 0.2) is 0 Å². The van der Waals surface area contributed by atoms with Crippen molar-refractivity contribution in [2.75, 3.05) is 5.73 Å². The molecule has 3 rings (SSSR count). The van der Waals surface area contributed by atoms with Crippen LogP contribution in [0.3, 0.4) is 0 Å². The van der Waals surface area contributed by atoms with Crippen molar-refractivity contribution in [1.29, 1.82) is 0 Å². The molecule has 1 aromatic heterocycles. The molecule has 2 N–H and O–H groups in total. The zero-order chi connectivity index (χ0) is 12.5. The number of para-hydroxylation sites is 1. The van der Waals surface area contributed by atoms with E-state index in [1.54, 1.807) is 0 Å². The predicted molar refractivity (Wildman–Crippen MR) is 77.1 cm³/mol. The van der Waals surface area contributed by atoms with Gasteiger partial charge in [0.05, 0.1) is 5.52 Å². The maximum Gasteiger partial charge on any atom is 0.201 e. The van der Waals surface area contributed by atoms with Crippen LogP contribution in [0.5, 0.6) is 0 Å². The smallest absolute Gasteiger partial charge is 0.201 e. The SMILES string of the molecule is Nc1c2ccccc2nc(=S)n1C1CCCCC1. The molecule has 18 heavy (non-hydrogen) atoms. The molecule has 0 saturated heterocycles. The third-order valence-electron chi connectivity index (χ3n) is 3.80. The van der Waals surface area contributed by atoms with E-state index in [2.05, 4.69) is 9.55 Å². The minimum Gasteiger partial charge on any atom is -0.384 e. The summed E-state index contributed by atoms with van der Waals surface area (Å²) in [5, 5.41) is 1.01. The van der Waals surface area contributed by atoms with Gasteiger partial charge in [0, 0.05) is 11.4 Å². The lowest BCUT2D eigenvalue weighted by Crippen LogP contribution is -2.18. The van der Waals surface area contributed by atoms with E-state index in [1.165, 1.54) is 32.1 Å². The molecular formula is C14H17N3S. The van der Waals surface area contributed by atoms with Crippen molar-refractivity contribution < 1.29 is 0 Å². The van der Waals surface area contributed by atoms with Gasteiger partial charge < -0.3 is 5.73 Å². The first kappa shape index (κ1) is 11.7. The van der Waals surface area contributed by atoms with E-state index in [0.717, 1.165) is 16.7 Å². The number of hydrogen-bond donors (Lipinski definition) is 1. The number of nitrogen functional groups attached to an aromatic ring is 1. The third-order valence-corrected chi connectivity index (χ3v) is 4.09. The zero-order valence-corrected chi connectivity index (χ0v) is 11.1. The van der Waals surface area contributed by atoms with E-state index in [9.17, 15) is 0 Å². The number of nitrogens with two attached hydrogens (primary N) is 1. The number of rotatable bonds is 1. The van der Waals surface area contributed by atoms with E-state index >= 15 is 0 Å². The number of nitrogens with zero attached hydrogens (tertiary/aromatic N) is 2. The summed E-state index contributed by atoms with van der Waals surface area (Å²) in [6.07, 6.45) is 6.18. The molecule has 0 aliphatic heterocycles. The predicted octanol–water partition coefficient (Wildman–Crippen LogP) is 3.85. The minimum atomic E-state index is 0.434.